The van der Waals surface area contributed by atoms with Crippen molar-refractivity contribution >= 4 is 17.3 Å². The van der Waals surface area contributed by atoms with Gasteiger partial charge in [0.1, 0.15) is 0 Å². The third-order valence-electron chi connectivity index (χ3n) is 3.32. The Morgan fingerprint density at radius 2 is 1.96 bits per heavy atom. The van der Waals surface area contributed by atoms with Crippen molar-refractivity contribution in [2.45, 2.75) is 13.0 Å². The SMILES string of the molecule is COc1c(Cl)cccc1NCc1nc(Cc2ccccc2)no1. The van der Waals surface area contributed by atoms with Gasteiger partial charge in [0.05, 0.1) is 24.4 Å². The lowest BCUT2D eigenvalue weighted by Crippen LogP contribution is -2.02. The number of nitrogens with zero attached hydrogens (tertiary/aromatic N) is 2. The van der Waals surface area contributed by atoms with E-state index in [4.69, 9.17) is 20.9 Å². The second kappa shape index (κ2) is 7.15. The Bertz CT molecular complexity index is 775. The second-order valence-electron chi connectivity index (χ2n) is 4.94. The Hall–Kier alpha value is -2.53. The molecule has 0 aliphatic heterocycles. The number of anilines is 1. The summed E-state index contributed by atoms with van der Waals surface area (Å²) in [5.41, 5.74) is 1.92. The average Bonchev–Trinajstić information content (AvgIpc) is 3.01. The topological polar surface area (TPSA) is 60.2 Å². The fourth-order valence-electron chi connectivity index (χ4n) is 2.24. The van der Waals surface area contributed by atoms with E-state index in [1.54, 1.807) is 13.2 Å². The first-order valence-corrected chi connectivity index (χ1v) is 7.56. The van der Waals surface area contributed by atoms with E-state index in [9.17, 15) is 0 Å². The summed E-state index contributed by atoms with van der Waals surface area (Å²) in [6, 6.07) is 15.5. The maximum absolute atomic E-state index is 6.09. The highest BCUT2D eigenvalue weighted by atomic mass is 35.5. The summed E-state index contributed by atoms with van der Waals surface area (Å²) in [6.45, 7) is 0.401. The Labute approximate surface area is 139 Å². The molecule has 0 bridgehead atoms. The van der Waals surface area contributed by atoms with E-state index in [0.717, 1.165) is 11.3 Å². The smallest absolute Gasteiger partial charge is 0.245 e. The Balaban J connectivity index is 1.65. The third-order valence-corrected chi connectivity index (χ3v) is 3.61. The number of hydrogen-bond acceptors (Lipinski definition) is 5. The molecule has 6 heteroatoms. The summed E-state index contributed by atoms with van der Waals surface area (Å²) >= 11 is 6.09. The molecule has 0 radical (unpaired) electrons. The molecule has 0 saturated carbocycles. The lowest BCUT2D eigenvalue weighted by Gasteiger charge is -2.10. The molecular weight excluding hydrogens is 314 g/mol. The second-order valence-corrected chi connectivity index (χ2v) is 5.35. The molecule has 23 heavy (non-hydrogen) atoms. The van der Waals surface area contributed by atoms with Gasteiger partial charge < -0.3 is 14.6 Å². The summed E-state index contributed by atoms with van der Waals surface area (Å²) in [5.74, 6) is 1.77. The molecule has 2 aromatic carbocycles. The zero-order valence-electron chi connectivity index (χ0n) is 12.6. The van der Waals surface area contributed by atoms with Crippen LogP contribution in [0.15, 0.2) is 53.1 Å². The minimum absolute atomic E-state index is 0.401. The number of ether oxygens (including phenoxy) is 1. The molecule has 5 nitrogen and oxygen atoms in total. The van der Waals surface area contributed by atoms with E-state index >= 15 is 0 Å². The number of aromatic nitrogens is 2. The molecule has 0 fully saturated rings. The van der Waals surface area contributed by atoms with Gasteiger partial charge in [0.25, 0.3) is 0 Å². The van der Waals surface area contributed by atoms with Crippen LogP contribution < -0.4 is 10.1 Å². The van der Waals surface area contributed by atoms with Crippen LogP contribution in [0.1, 0.15) is 17.3 Å². The first-order valence-electron chi connectivity index (χ1n) is 7.18. The van der Waals surface area contributed by atoms with Crippen molar-refractivity contribution in [2.75, 3.05) is 12.4 Å². The molecule has 0 spiro atoms. The molecule has 1 aromatic heterocycles. The molecule has 0 atom stereocenters. The summed E-state index contributed by atoms with van der Waals surface area (Å²) < 4.78 is 10.6. The Kier molecular flexibility index (Phi) is 4.78. The predicted octanol–water partition coefficient (Wildman–Crippen LogP) is 3.93. The van der Waals surface area contributed by atoms with E-state index in [2.05, 4.69) is 15.5 Å². The van der Waals surface area contributed by atoms with Crippen LogP contribution in [0, 0.1) is 0 Å². The van der Waals surface area contributed by atoms with Crippen LogP contribution >= 0.6 is 11.6 Å². The van der Waals surface area contributed by atoms with Gasteiger partial charge in [-0.3, -0.25) is 0 Å². The van der Waals surface area contributed by atoms with E-state index in [1.165, 1.54) is 0 Å². The van der Waals surface area contributed by atoms with Crippen LogP contribution in [0.3, 0.4) is 0 Å². The maximum atomic E-state index is 6.09. The lowest BCUT2D eigenvalue weighted by atomic mass is 10.1. The van der Waals surface area contributed by atoms with Gasteiger partial charge in [-0.1, -0.05) is 53.2 Å². The van der Waals surface area contributed by atoms with Gasteiger partial charge in [0.2, 0.25) is 5.89 Å². The quantitative estimate of drug-likeness (QED) is 0.742. The number of nitrogens with one attached hydrogen (secondary N) is 1. The molecule has 1 N–H and O–H groups in total. The van der Waals surface area contributed by atoms with E-state index in [-0.39, 0.29) is 0 Å². The maximum Gasteiger partial charge on any atom is 0.245 e. The van der Waals surface area contributed by atoms with Gasteiger partial charge in [-0.25, -0.2) is 0 Å². The predicted molar refractivity (Wildman–Crippen MR) is 88.9 cm³/mol. The molecule has 0 aliphatic rings. The van der Waals surface area contributed by atoms with Crippen molar-refractivity contribution in [3.05, 3.63) is 70.8 Å². The minimum Gasteiger partial charge on any atom is -0.493 e. The number of rotatable bonds is 6. The fourth-order valence-corrected chi connectivity index (χ4v) is 2.49. The lowest BCUT2D eigenvalue weighted by molar-refractivity contribution is 0.378. The molecule has 3 rings (SSSR count). The highest BCUT2D eigenvalue weighted by molar-refractivity contribution is 6.32. The largest absolute Gasteiger partial charge is 0.493 e. The number of halogens is 1. The van der Waals surface area contributed by atoms with E-state index < -0.39 is 0 Å². The number of benzene rings is 2. The number of para-hydroxylation sites is 1. The van der Waals surface area contributed by atoms with Crippen LogP contribution in [0.4, 0.5) is 5.69 Å². The number of methoxy groups -OCH3 is 1. The highest BCUT2D eigenvalue weighted by Gasteiger charge is 2.10. The Morgan fingerprint density at radius 1 is 1.13 bits per heavy atom. The highest BCUT2D eigenvalue weighted by Crippen LogP contribution is 2.32. The molecule has 0 aliphatic carbocycles. The van der Waals surface area contributed by atoms with Crippen molar-refractivity contribution in [2.24, 2.45) is 0 Å². The van der Waals surface area contributed by atoms with Crippen LogP contribution in [-0.2, 0) is 13.0 Å². The molecule has 3 aromatic rings. The molecule has 118 valence electrons. The monoisotopic (exact) mass is 329 g/mol. The molecule has 0 saturated heterocycles. The van der Waals surface area contributed by atoms with Gasteiger partial charge in [-0.2, -0.15) is 4.98 Å². The molecule has 0 unspecified atom stereocenters. The Morgan fingerprint density at radius 3 is 2.74 bits per heavy atom. The van der Waals surface area contributed by atoms with Crippen molar-refractivity contribution in [1.29, 1.82) is 0 Å². The van der Waals surface area contributed by atoms with Crippen LogP contribution in [0.2, 0.25) is 5.02 Å². The number of hydrogen-bond donors (Lipinski definition) is 1. The molecule has 1 heterocycles. The normalized spacial score (nSPS) is 10.5. The van der Waals surface area contributed by atoms with Crippen molar-refractivity contribution in [3.63, 3.8) is 0 Å². The first-order chi connectivity index (χ1) is 11.3. The van der Waals surface area contributed by atoms with Gasteiger partial charge in [0.15, 0.2) is 11.6 Å². The van der Waals surface area contributed by atoms with Crippen LogP contribution in [0.5, 0.6) is 5.75 Å². The van der Waals surface area contributed by atoms with E-state index in [0.29, 0.717) is 35.5 Å². The first kappa shape index (κ1) is 15.4. The van der Waals surface area contributed by atoms with E-state index in [1.807, 2.05) is 42.5 Å². The van der Waals surface area contributed by atoms with Gasteiger partial charge >= 0.3 is 0 Å². The van der Waals surface area contributed by atoms with Crippen molar-refractivity contribution < 1.29 is 9.26 Å². The van der Waals surface area contributed by atoms with Crippen LogP contribution in [0.25, 0.3) is 0 Å². The zero-order chi connectivity index (χ0) is 16.1. The standard InChI is InChI=1S/C17H16ClN3O2/c1-22-17-13(18)8-5-9-14(17)19-11-16-20-15(21-23-16)10-12-6-3-2-4-7-12/h2-9,19H,10-11H2,1H3. The van der Waals surface area contributed by atoms with Gasteiger partial charge in [0, 0.05) is 6.42 Å². The summed E-state index contributed by atoms with van der Waals surface area (Å²) in [6.07, 6.45) is 0.644. The van der Waals surface area contributed by atoms with Crippen molar-refractivity contribution in [1.82, 2.24) is 10.1 Å². The molecule has 0 amide bonds. The summed E-state index contributed by atoms with van der Waals surface area (Å²) in [5, 5.41) is 7.74. The summed E-state index contributed by atoms with van der Waals surface area (Å²) in [7, 11) is 1.58. The van der Waals surface area contributed by atoms with Crippen LogP contribution in [-0.4, -0.2) is 17.3 Å². The summed E-state index contributed by atoms with van der Waals surface area (Å²) in [4.78, 5) is 4.38. The zero-order valence-corrected chi connectivity index (χ0v) is 13.4. The third kappa shape index (κ3) is 3.81. The van der Waals surface area contributed by atoms with Crippen molar-refractivity contribution in [3.8, 4) is 5.75 Å². The van der Waals surface area contributed by atoms with Gasteiger partial charge in [-0.15, -0.1) is 0 Å². The van der Waals surface area contributed by atoms with Gasteiger partial charge in [-0.05, 0) is 17.7 Å². The minimum atomic E-state index is 0.401. The molecular formula is C17H16ClN3O2. The fraction of sp³-hybridized carbons (Fsp3) is 0.176. The average molecular weight is 330 g/mol.